The summed E-state index contributed by atoms with van der Waals surface area (Å²) in [5.41, 5.74) is 0.214. The van der Waals surface area contributed by atoms with E-state index in [1.807, 2.05) is 13.8 Å². The second kappa shape index (κ2) is 7.35. The fraction of sp³-hybridized carbons (Fsp3) is 0.467. The van der Waals surface area contributed by atoms with Crippen molar-refractivity contribution in [1.29, 1.82) is 0 Å². The van der Waals surface area contributed by atoms with E-state index in [4.69, 9.17) is 25.8 Å². The van der Waals surface area contributed by atoms with E-state index in [0.717, 1.165) is 6.42 Å². The van der Waals surface area contributed by atoms with Gasteiger partial charge in [0.2, 0.25) is 0 Å². The van der Waals surface area contributed by atoms with Gasteiger partial charge in [-0.2, -0.15) is 0 Å². The molecule has 0 unspecified atom stereocenters. The molecule has 1 heterocycles. The monoisotopic (exact) mass is 327 g/mol. The van der Waals surface area contributed by atoms with E-state index in [9.17, 15) is 9.59 Å². The van der Waals surface area contributed by atoms with Crippen molar-refractivity contribution in [3.05, 3.63) is 22.7 Å². The lowest BCUT2D eigenvalue weighted by molar-refractivity contribution is -0.124. The number of esters is 1. The van der Waals surface area contributed by atoms with Crippen LogP contribution in [-0.4, -0.2) is 37.7 Å². The van der Waals surface area contributed by atoms with Crippen LogP contribution in [0.5, 0.6) is 11.5 Å². The first-order valence-electron chi connectivity index (χ1n) is 7.03. The molecule has 1 aromatic rings. The van der Waals surface area contributed by atoms with Gasteiger partial charge < -0.3 is 19.5 Å². The molecule has 0 aromatic heterocycles. The first kappa shape index (κ1) is 16.4. The first-order valence-corrected chi connectivity index (χ1v) is 7.41. The average Bonchev–Trinajstić information content (AvgIpc) is 2.69. The van der Waals surface area contributed by atoms with Gasteiger partial charge in [-0.15, -0.1) is 0 Å². The standard InChI is InChI=1S/C15H18ClNO5/c1-9(2)17-13(18)8-22-15(19)10-6-11(16)14-12(7-10)20-4-3-5-21-14/h6-7,9H,3-5,8H2,1-2H3,(H,17,18). The Morgan fingerprint density at radius 1 is 1.32 bits per heavy atom. The minimum Gasteiger partial charge on any atom is -0.489 e. The molecule has 2 rings (SSSR count). The lowest BCUT2D eigenvalue weighted by Crippen LogP contribution is -2.33. The number of ether oxygens (including phenoxy) is 3. The predicted molar refractivity (Wildman–Crippen MR) is 80.6 cm³/mol. The first-order chi connectivity index (χ1) is 10.5. The fourth-order valence-electron chi connectivity index (χ4n) is 1.93. The third-order valence-corrected chi connectivity index (χ3v) is 3.10. The Labute approximate surface area is 133 Å². The van der Waals surface area contributed by atoms with E-state index >= 15 is 0 Å². The van der Waals surface area contributed by atoms with Crippen LogP contribution in [-0.2, 0) is 9.53 Å². The lowest BCUT2D eigenvalue weighted by atomic mass is 10.2. The summed E-state index contributed by atoms with van der Waals surface area (Å²) in [7, 11) is 0. The van der Waals surface area contributed by atoms with Crippen molar-refractivity contribution < 1.29 is 23.8 Å². The van der Waals surface area contributed by atoms with Crippen molar-refractivity contribution in [2.45, 2.75) is 26.3 Å². The van der Waals surface area contributed by atoms with Gasteiger partial charge in [0.25, 0.3) is 5.91 Å². The van der Waals surface area contributed by atoms with E-state index in [1.54, 1.807) is 0 Å². The van der Waals surface area contributed by atoms with Gasteiger partial charge in [0.1, 0.15) is 0 Å². The molecule has 0 radical (unpaired) electrons. The Hall–Kier alpha value is -1.95. The molecule has 22 heavy (non-hydrogen) atoms. The van der Waals surface area contributed by atoms with Gasteiger partial charge in [-0.25, -0.2) is 4.79 Å². The van der Waals surface area contributed by atoms with Crippen LogP contribution in [0.25, 0.3) is 0 Å². The molecular formula is C15H18ClNO5. The lowest BCUT2D eigenvalue weighted by Gasteiger charge is -2.12. The van der Waals surface area contributed by atoms with E-state index in [0.29, 0.717) is 24.7 Å². The Balaban J connectivity index is 2.05. The highest BCUT2D eigenvalue weighted by Gasteiger charge is 2.19. The van der Waals surface area contributed by atoms with Gasteiger partial charge in [-0.3, -0.25) is 4.79 Å². The molecule has 0 saturated carbocycles. The van der Waals surface area contributed by atoms with Crippen LogP contribution in [0.2, 0.25) is 5.02 Å². The van der Waals surface area contributed by atoms with Crippen molar-refractivity contribution in [2.75, 3.05) is 19.8 Å². The maximum Gasteiger partial charge on any atom is 0.338 e. The van der Waals surface area contributed by atoms with Crippen molar-refractivity contribution >= 4 is 23.5 Å². The van der Waals surface area contributed by atoms with Crippen LogP contribution >= 0.6 is 11.6 Å². The number of carbonyl (C=O) groups excluding carboxylic acids is 2. The zero-order valence-electron chi connectivity index (χ0n) is 12.5. The van der Waals surface area contributed by atoms with Crippen LogP contribution < -0.4 is 14.8 Å². The molecule has 1 aliphatic rings. The summed E-state index contributed by atoms with van der Waals surface area (Å²) in [6, 6.07) is 2.94. The van der Waals surface area contributed by atoms with Gasteiger partial charge in [-0.1, -0.05) is 11.6 Å². The molecular weight excluding hydrogens is 310 g/mol. The molecule has 7 heteroatoms. The van der Waals surface area contributed by atoms with Crippen LogP contribution in [0.4, 0.5) is 0 Å². The molecule has 0 bridgehead atoms. The van der Waals surface area contributed by atoms with Crippen LogP contribution in [0.15, 0.2) is 12.1 Å². The third-order valence-electron chi connectivity index (χ3n) is 2.82. The van der Waals surface area contributed by atoms with Gasteiger partial charge in [0, 0.05) is 12.5 Å². The molecule has 6 nitrogen and oxygen atoms in total. The number of hydrogen-bond donors (Lipinski definition) is 1. The fourth-order valence-corrected chi connectivity index (χ4v) is 2.19. The van der Waals surface area contributed by atoms with Crippen LogP contribution in [0, 0.1) is 0 Å². The smallest absolute Gasteiger partial charge is 0.338 e. The molecule has 0 spiro atoms. The summed E-state index contributed by atoms with van der Waals surface area (Å²) in [5.74, 6) is -0.169. The summed E-state index contributed by atoms with van der Waals surface area (Å²) < 4.78 is 15.9. The molecule has 0 aliphatic carbocycles. The molecule has 1 N–H and O–H groups in total. The Morgan fingerprint density at radius 2 is 2.05 bits per heavy atom. The predicted octanol–water partition coefficient (Wildman–Crippen LogP) is 2.18. The van der Waals surface area contributed by atoms with Crippen molar-refractivity contribution in [3.63, 3.8) is 0 Å². The molecule has 1 aliphatic heterocycles. The minimum absolute atomic E-state index is 0.0151. The summed E-state index contributed by atoms with van der Waals surface area (Å²) in [6.07, 6.45) is 0.736. The zero-order chi connectivity index (χ0) is 16.1. The maximum atomic E-state index is 12.0. The van der Waals surface area contributed by atoms with Crippen molar-refractivity contribution in [3.8, 4) is 11.5 Å². The highest BCUT2D eigenvalue weighted by Crippen LogP contribution is 2.38. The van der Waals surface area contributed by atoms with Crippen molar-refractivity contribution in [2.24, 2.45) is 0 Å². The Morgan fingerprint density at radius 3 is 2.77 bits per heavy atom. The van der Waals surface area contributed by atoms with E-state index in [2.05, 4.69) is 5.32 Å². The number of halogens is 1. The molecule has 1 amide bonds. The maximum absolute atomic E-state index is 12.0. The normalized spacial score (nSPS) is 13.5. The molecule has 0 fully saturated rings. The summed E-state index contributed by atoms with van der Waals surface area (Å²) in [5, 5.41) is 2.91. The van der Waals surface area contributed by atoms with Crippen molar-refractivity contribution in [1.82, 2.24) is 5.32 Å². The molecule has 120 valence electrons. The zero-order valence-corrected chi connectivity index (χ0v) is 13.2. The molecule has 0 saturated heterocycles. The average molecular weight is 328 g/mol. The number of fused-ring (bicyclic) bond motifs is 1. The van der Waals surface area contributed by atoms with Gasteiger partial charge >= 0.3 is 5.97 Å². The van der Waals surface area contributed by atoms with Crippen LogP contribution in [0.3, 0.4) is 0 Å². The minimum atomic E-state index is -0.642. The number of nitrogens with one attached hydrogen (secondary N) is 1. The summed E-state index contributed by atoms with van der Waals surface area (Å²) in [6.45, 7) is 4.29. The Bertz CT molecular complexity index is 573. The summed E-state index contributed by atoms with van der Waals surface area (Å²) >= 11 is 6.10. The van der Waals surface area contributed by atoms with Gasteiger partial charge in [-0.05, 0) is 26.0 Å². The molecule has 0 atom stereocenters. The second-order valence-corrected chi connectivity index (χ2v) is 5.54. The second-order valence-electron chi connectivity index (χ2n) is 5.13. The largest absolute Gasteiger partial charge is 0.489 e. The van der Waals surface area contributed by atoms with Gasteiger partial charge in [0.15, 0.2) is 18.1 Å². The highest BCUT2D eigenvalue weighted by atomic mass is 35.5. The van der Waals surface area contributed by atoms with Gasteiger partial charge in [0.05, 0.1) is 23.8 Å². The van der Waals surface area contributed by atoms with Crippen LogP contribution in [0.1, 0.15) is 30.6 Å². The Kier molecular flexibility index (Phi) is 5.49. The number of hydrogen-bond acceptors (Lipinski definition) is 5. The number of rotatable bonds is 4. The highest BCUT2D eigenvalue weighted by molar-refractivity contribution is 6.32. The topological polar surface area (TPSA) is 73.9 Å². The van der Waals surface area contributed by atoms with E-state index in [-0.39, 0.29) is 29.1 Å². The number of carbonyl (C=O) groups is 2. The molecule has 1 aromatic carbocycles. The number of amides is 1. The number of benzene rings is 1. The van der Waals surface area contributed by atoms with E-state index < -0.39 is 5.97 Å². The van der Waals surface area contributed by atoms with E-state index in [1.165, 1.54) is 12.1 Å². The SMILES string of the molecule is CC(C)NC(=O)COC(=O)c1cc(Cl)c2c(c1)OCCCO2. The third kappa shape index (κ3) is 4.27. The summed E-state index contributed by atoms with van der Waals surface area (Å²) in [4.78, 5) is 23.5. The quantitative estimate of drug-likeness (QED) is 0.858.